The lowest BCUT2D eigenvalue weighted by molar-refractivity contribution is -0.185. The summed E-state index contributed by atoms with van der Waals surface area (Å²) in [7, 11) is 11.4. The molecule has 3 heterocycles. The number of hydrogen-bond donors (Lipinski definition) is 1. The smallest absolute Gasteiger partial charge is 0.419 e. The minimum absolute atomic E-state index is 0.00406. The molecule has 1 aromatic heterocycles. The van der Waals surface area contributed by atoms with Gasteiger partial charge in [0.25, 0.3) is 0 Å². The van der Waals surface area contributed by atoms with Crippen molar-refractivity contribution in [2.45, 2.75) is 242 Å². The first-order valence-electron chi connectivity index (χ1n) is 47.0. The summed E-state index contributed by atoms with van der Waals surface area (Å²) < 4.78 is 200. The summed E-state index contributed by atoms with van der Waals surface area (Å²) in [6.45, 7) is 48.1. The van der Waals surface area contributed by atoms with Crippen molar-refractivity contribution >= 4 is 11.6 Å². The van der Waals surface area contributed by atoms with E-state index in [1.165, 1.54) is 70.7 Å². The van der Waals surface area contributed by atoms with Crippen LogP contribution in [0.3, 0.4) is 0 Å². The highest BCUT2D eigenvalue weighted by molar-refractivity contribution is 6.30. The Morgan fingerprint density at radius 3 is 1.37 bits per heavy atom. The number of para-hydroxylation sites is 1. The van der Waals surface area contributed by atoms with Crippen LogP contribution in [0.15, 0.2) is 188 Å². The van der Waals surface area contributed by atoms with Crippen LogP contribution in [0.4, 0.5) is 39.5 Å². The molecule has 0 saturated carbocycles. The lowest BCUT2D eigenvalue weighted by Crippen LogP contribution is -2.46. The molecule has 2 unspecified atom stereocenters. The Labute approximate surface area is 841 Å². The highest BCUT2D eigenvalue weighted by atomic mass is 35.5. The number of aromatic nitrogens is 1. The van der Waals surface area contributed by atoms with E-state index in [-0.39, 0.29) is 66.4 Å². The van der Waals surface area contributed by atoms with Crippen molar-refractivity contribution in [1.82, 2.24) is 4.57 Å². The minimum atomic E-state index is -4.40. The molecular formula is C113H150ClF9N2O17. The molecule has 784 valence electrons. The van der Waals surface area contributed by atoms with Gasteiger partial charge in [-0.2, -0.15) is 44.8 Å². The number of benzene rings is 9. The van der Waals surface area contributed by atoms with Gasteiger partial charge in [-0.05, 0) is 262 Å². The van der Waals surface area contributed by atoms with Crippen LogP contribution in [-0.2, 0) is 63.4 Å². The van der Waals surface area contributed by atoms with E-state index < -0.39 is 46.4 Å². The van der Waals surface area contributed by atoms with Gasteiger partial charge in [0.1, 0.15) is 60.1 Å². The molecule has 0 spiro atoms. The average molecular weight is 2010 g/mol. The van der Waals surface area contributed by atoms with Crippen LogP contribution in [0.2, 0.25) is 5.02 Å². The predicted molar refractivity (Wildman–Crippen MR) is 545 cm³/mol. The van der Waals surface area contributed by atoms with Gasteiger partial charge in [0, 0.05) is 74.9 Å². The summed E-state index contributed by atoms with van der Waals surface area (Å²) >= 11 is 6.03. The van der Waals surface area contributed by atoms with Crippen molar-refractivity contribution in [2.75, 3.05) is 116 Å². The maximum absolute atomic E-state index is 12.8. The Bertz CT molecular complexity index is 5400. The topological polar surface area (TPSA) is 197 Å². The van der Waals surface area contributed by atoms with Gasteiger partial charge in [0.05, 0.1) is 104 Å². The van der Waals surface area contributed by atoms with Crippen LogP contribution in [0, 0.1) is 66.7 Å². The molecule has 2 aliphatic rings. The molecule has 2 atom stereocenters. The first kappa shape index (κ1) is 123. The molecule has 12 rings (SSSR count). The van der Waals surface area contributed by atoms with Crippen molar-refractivity contribution in [3.8, 4) is 69.3 Å². The quantitative estimate of drug-likeness (QED) is 0.0343. The van der Waals surface area contributed by atoms with E-state index >= 15 is 0 Å². The van der Waals surface area contributed by atoms with Gasteiger partial charge in [-0.1, -0.05) is 157 Å². The number of rotatable bonds is 29. The normalized spacial score (nSPS) is 13.2. The lowest BCUT2D eigenvalue weighted by Gasteiger charge is -2.37. The second-order valence-electron chi connectivity index (χ2n) is 37.4. The zero-order valence-electron chi connectivity index (χ0n) is 88.1. The van der Waals surface area contributed by atoms with Crippen molar-refractivity contribution in [1.29, 1.82) is 5.26 Å². The molecule has 142 heavy (non-hydrogen) atoms. The largest absolute Gasteiger partial charge is 0.496 e. The second-order valence-corrected chi connectivity index (χ2v) is 37.8. The zero-order valence-corrected chi connectivity index (χ0v) is 88.9. The number of hydrogen-bond acceptors (Lipinski definition) is 18. The molecular weight excluding hydrogens is 1860 g/mol. The van der Waals surface area contributed by atoms with E-state index in [1.807, 2.05) is 146 Å². The molecule has 29 heteroatoms. The number of nitrogens with zero attached hydrogens (tertiary/aromatic N) is 2. The first-order chi connectivity index (χ1) is 66.5. The standard InChI is InChI=1S/2C15H24O3.C13H14ClN.C13H17F3O2.C12H15F3O2.C12H15NO2.C12H16O2.C11H14O3.C10H11F3/c1-11(16-5)10-18-13-8-7-12(15(2,3)4)9-14(13)17-6;1-11(10-16-5)18-13-8-7-12(15(2,3)4)9-14(13)17-6;1-9-4-7-12(14)8-13(9)15-10(2)5-6-11(15)3;1-9(2)17-6-7-18-12-5-4-10(3)8-11(12)13(14,15)16;1-9-4-5-11(17-7-3-6-16-2)10(8-9)12(13,14)15;1-9-5-6-10(11(7-9)14-4)15-12(2,3)8-13;1-10-4-2-3-5-12(10)14-11-6-8-13-9-7-11;1-8-3-4-9(10(5-8)13-2)11(12)6-14-7-11;1-7(2)8-3-5-9(6-4-8)10(11,12)13/h2*7-9,11H,10H2,1-6H3;4-8H,1-3H3;4-5,8-9H,6-7H2,1-3H3;4-5,8H,3,6-7H2,1-2H3;5-7H,1-4H3;2-5,11H,6-9H2,1H3;3-5,12H,6-7H2,1-2H3;3-7H,1-2H3. The summed E-state index contributed by atoms with van der Waals surface area (Å²) in [5.41, 5.74) is 10.1. The van der Waals surface area contributed by atoms with E-state index in [0.717, 1.165) is 112 Å². The third-order valence-corrected chi connectivity index (χ3v) is 22.0. The second kappa shape index (κ2) is 59.4. The van der Waals surface area contributed by atoms with Gasteiger partial charge in [-0.25, -0.2) is 0 Å². The number of ether oxygens (including phenoxy) is 16. The van der Waals surface area contributed by atoms with Gasteiger partial charge in [-0.3, -0.25) is 0 Å². The molecule has 2 aliphatic heterocycles. The summed E-state index contributed by atoms with van der Waals surface area (Å²) in [6.07, 6.45) is -10.00. The Morgan fingerprint density at radius 2 is 0.915 bits per heavy atom. The Balaban J connectivity index is 0.000000334. The molecule has 0 bridgehead atoms. The monoisotopic (exact) mass is 2010 g/mol. The summed E-state index contributed by atoms with van der Waals surface area (Å²) in [4.78, 5) is 0. The molecule has 10 aromatic rings. The van der Waals surface area contributed by atoms with Crippen LogP contribution < -0.4 is 47.4 Å². The fourth-order valence-electron chi connectivity index (χ4n) is 13.4. The SMILES string of the molecule is CC(C)c1ccc(C(F)(F)F)cc1.COCC(C)Oc1ccc(C(C)(C)C)cc1OC.COCCCOc1ccc(C)cc1C(F)(F)F.COc1cc(C(C)(C)C)ccc1OCC(C)OC.COc1cc(C)ccc1C1(O)COC1.COc1cc(C)ccc1OC(C)(C)C#N.Cc1ccc(Cl)cc1-n1c(C)ccc1C.Cc1ccc(OCCOC(C)C)c(C(F)(F)F)c1.Cc1ccccc1OC1CCOCC1. The predicted octanol–water partition coefficient (Wildman–Crippen LogP) is 28.4. The van der Waals surface area contributed by atoms with E-state index in [9.17, 15) is 44.6 Å². The molecule has 1 N–H and O–H groups in total. The maximum atomic E-state index is 12.8. The molecule has 0 radical (unpaired) electrons. The van der Waals surface area contributed by atoms with E-state index in [4.69, 9.17) is 92.7 Å². The molecule has 9 aromatic carbocycles. The lowest BCUT2D eigenvalue weighted by atomic mass is 9.87. The van der Waals surface area contributed by atoms with Gasteiger partial charge in [-0.15, -0.1) is 0 Å². The Kier molecular flexibility index (Phi) is 51.6. The van der Waals surface area contributed by atoms with Crippen LogP contribution in [0.25, 0.3) is 5.69 Å². The van der Waals surface area contributed by atoms with E-state index in [2.05, 4.69) is 116 Å². The minimum Gasteiger partial charge on any atom is -0.496 e. The van der Waals surface area contributed by atoms with E-state index in [1.54, 1.807) is 82.5 Å². The molecule has 2 fully saturated rings. The van der Waals surface area contributed by atoms with Gasteiger partial charge < -0.3 is 85.5 Å². The molecule has 19 nitrogen and oxygen atoms in total. The highest BCUT2D eigenvalue weighted by Gasteiger charge is 2.41. The Hall–Kier alpha value is -10.9. The zero-order chi connectivity index (χ0) is 107. The van der Waals surface area contributed by atoms with E-state index in [0.29, 0.717) is 68.2 Å². The number of nitriles is 1. The fraction of sp³-hybridized carbons (Fsp3) is 0.478. The van der Waals surface area contributed by atoms with Gasteiger partial charge in [0.2, 0.25) is 0 Å². The van der Waals surface area contributed by atoms with Crippen LogP contribution in [0.1, 0.15) is 206 Å². The van der Waals surface area contributed by atoms with Crippen molar-refractivity contribution in [3.63, 3.8) is 0 Å². The molecule has 0 amide bonds. The number of aryl methyl sites for hydroxylation is 8. The van der Waals surface area contributed by atoms with Crippen LogP contribution in [0.5, 0.6) is 57.5 Å². The maximum Gasteiger partial charge on any atom is 0.419 e. The third kappa shape index (κ3) is 43.4. The number of halogens is 10. The van der Waals surface area contributed by atoms with Crippen molar-refractivity contribution in [2.24, 2.45) is 0 Å². The first-order valence-corrected chi connectivity index (χ1v) is 47.4. The van der Waals surface area contributed by atoms with Crippen LogP contribution >= 0.6 is 11.6 Å². The molecule has 0 aliphatic carbocycles. The Morgan fingerprint density at radius 1 is 0.444 bits per heavy atom. The fourth-order valence-corrected chi connectivity index (χ4v) is 13.6. The summed E-state index contributed by atoms with van der Waals surface area (Å²) in [5, 5.41) is 19.7. The van der Waals surface area contributed by atoms with Crippen molar-refractivity contribution in [3.05, 3.63) is 277 Å². The summed E-state index contributed by atoms with van der Waals surface area (Å²) in [5.74, 6) is 6.03. The number of methoxy groups -OCH3 is 7. The molecule has 2 saturated heterocycles. The highest BCUT2D eigenvalue weighted by Crippen LogP contribution is 2.42. The van der Waals surface area contributed by atoms with Crippen LogP contribution in [-0.4, -0.2) is 156 Å². The number of alkyl halides is 9. The summed E-state index contributed by atoms with van der Waals surface area (Å²) in [6, 6.07) is 57.4. The average Bonchev–Trinajstić information content (AvgIpc) is 0.870. The van der Waals surface area contributed by atoms with Crippen molar-refractivity contribution < 1.29 is 120 Å². The third-order valence-electron chi connectivity index (χ3n) is 21.7. The van der Waals surface area contributed by atoms with Gasteiger partial charge >= 0.3 is 18.5 Å². The van der Waals surface area contributed by atoms with Gasteiger partial charge in [0.15, 0.2) is 40.1 Å². The number of aliphatic hydroxyl groups is 1.